The van der Waals surface area contributed by atoms with Gasteiger partial charge in [0.15, 0.2) is 0 Å². The van der Waals surface area contributed by atoms with Gasteiger partial charge in [0, 0.05) is 50.7 Å². The summed E-state index contributed by atoms with van der Waals surface area (Å²) in [5.41, 5.74) is 3.11. The summed E-state index contributed by atoms with van der Waals surface area (Å²) in [6, 6.07) is 10.3. The number of fused-ring (bicyclic) bond motifs is 1. The van der Waals surface area contributed by atoms with Crippen LogP contribution in [-0.4, -0.2) is 75.4 Å². The Morgan fingerprint density at radius 1 is 1.07 bits per heavy atom. The summed E-state index contributed by atoms with van der Waals surface area (Å²) in [5.74, 6) is -0.373. The number of anilines is 1. The largest absolute Gasteiger partial charge is 0.390 e. The summed E-state index contributed by atoms with van der Waals surface area (Å²) in [4.78, 5) is 47.3. The number of ketones is 1. The number of rotatable bonds is 11. The minimum Gasteiger partial charge on any atom is -0.390 e. The van der Waals surface area contributed by atoms with Gasteiger partial charge in [0.05, 0.1) is 6.10 Å². The van der Waals surface area contributed by atoms with Crippen LogP contribution in [0.2, 0.25) is 0 Å². The van der Waals surface area contributed by atoms with Crippen molar-refractivity contribution in [3.63, 3.8) is 0 Å². The lowest BCUT2D eigenvalue weighted by Crippen LogP contribution is -2.59. The number of benzene rings is 1. The molecule has 2 heterocycles. The van der Waals surface area contributed by atoms with Gasteiger partial charge in [0.25, 0.3) is 11.8 Å². The van der Waals surface area contributed by atoms with Gasteiger partial charge in [-0.15, -0.1) is 0 Å². The van der Waals surface area contributed by atoms with Gasteiger partial charge in [-0.25, -0.2) is 9.97 Å². The second-order valence-corrected chi connectivity index (χ2v) is 12.3. The van der Waals surface area contributed by atoms with E-state index in [-0.39, 0.29) is 53.8 Å². The molecule has 1 spiro atoms. The fourth-order valence-electron chi connectivity index (χ4n) is 6.38. The zero-order valence-corrected chi connectivity index (χ0v) is 23.4. The van der Waals surface area contributed by atoms with Crippen LogP contribution in [0.25, 0.3) is 0 Å². The molecule has 3 aliphatic rings. The molecule has 2 fully saturated rings. The van der Waals surface area contributed by atoms with Gasteiger partial charge in [-0.05, 0) is 54.6 Å². The molecule has 0 bridgehead atoms. The highest BCUT2D eigenvalue weighted by molar-refractivity contribution is 6.36. The number of Topliss-reactive ketones (excluding diaryl/α,β-unsaturated/α-hetero) is 1. The standard InChI is InChI=1S/C30H40N6O4/c1-19(2)9-26(38)29(40)35-23-13-30(14-23)11-22(12-30)34-27-10-25(32-18-33-27)28(39)31-15-24(37)17-36-8-7-20-5-3-4-6-21(20)16-36/h3-6,10,18-19,22-24,37H,7-9,11-17H2,1-2H3,(H,31,39)(H,35,40)(H,32,33,34)/t22?,23?,24-,30?/m0/s1. The maximum atomic E-state index is 12.7. The highest BCUT2D eigenvalue weighted by atomic mass is 16.3. The van der Waals surface area contributed by atoms with E-state index in [1.54, 1.807) is 6.07 Å². The number of nitrogens with zero attached hydrogens (tertiary/aromatic N) is 3. The number of aliphatic hydroxyl groups excluding tert-OH is 1. The molecule has 1 aromatic carbocycles. The smallest absolute Gasteiger partial charge is 0.287 e. The molecular formula is C30H40N6O4. The second kappa shape index (κ2) is 12.0. The third-order valence-corrected chi connectivity index (χ3v) is 8.33. The molecule has 2 aliphatic carbocycles. The first-order valence-corrected chi connectivity index (χ1v) is 14.4. The van der Waals surface area contributed by atoms with Crippen LogP contribution in [0.4, 0.5) is 5.82 Å². The molecule has 1 aromatic heterocycles. The van der Waals surface area contributed by atoms with Gasteiger partial charge in [0.2, 0.25) is 5.78 Å². The summed E-state index contributed by atoms with van der Waals surface area (Å²) < 4.78 is 0. The van der Waals surface area contributed by atoms with Gasteiger partial charge in [-0.3, -0.25) is 19.3 Å². The Morgan fingerprint density at radius 3 is 2.55 bits per heavy atom. The molecule has 214 valence electrons. The maximum Gasteiger partial charge on any atom is 0.287 e. The third-order valence-electron chi connectivity index (χ3n) is 8.33. The molecule has 40 heavy (non-hydrogen) atoms. The van der Waals surface area contributed by atoms with E-state index in [4.69, 9.17) is 0 Å². The van der Waals surface area contributed by atoms with Crippen LogP contribution in [0, 0.1) is 11.3 Å². The first-order chi connectivity index (χ1) is 19.2. The highest BCUT2D eigenvalue weighted by Gasteiger charge is 2.53. The topological polar surface area (TPSA) is 137 Å². The number of nitrogens with one attached hydrogen (secondary N) is 3. The van der Waals surface area contributed by atoms with Crippen molar-refractivity contribution in [2.75, 3.05) is 25.0 Å². The van der Waals surface area contributed by atoms with E-state index in [0.29, 0.717) is 12.4 Å². The number of carbonyl (C=O) groups is 3. The minimum atomic E-state index is -0.677. The van der Waals surface area contributed by atoms with E-state index in [1.165, 1.54) is 17.5 Å². The molecular weight excluding hydrogens is 508 g/mol. The molecule has 0 unspecified atom stereocenters. The SMILES string of the molecule is CC(C)CC(=O)C(=O)NC1CC2(C1)CC(Nc1cc(C(=O)NC[C@H](O)CN3CCc4ccccc4C3)ncn1)C2. The molecule has 0 saturated heterocycles. The zero-order chi connectivity index (χ0) is 28.3. The van der Waals surface area contributed by atoms with E-state index in [2.05, 4.69) is 49.0 Å². The molecule has 5 rings (SSSR count). The number of hydrogen-bond acceptors (Lipinski definition) is 8. The quantitative estimate of drug-likeness (QED) is 0.314. The lowest BCUT2D eigenvalue weighted by atomic mass is 9.52. The molecule has 2 amide bonds. The lowest BCUT2D eigenvalue weighted by molar-refractivity contribution is -0.140. The third kappa shape index (κ3) is 6.85. The summed E-state index contributed by atoms with van der Waals surface area (Å²) in [6.45, 7) is 6.19. The molecule has 0 radical (unpaired) electrons. The van der Waals surface area contributed by atoms with Gasteiger partial charge in [-0.1, -0.05) is 38.1 Å². The predicted molar refractivity (Wildman–Crippen MR) is 150 cm³/mol. The fraction of sp³-hybridized carbons (Fsp3) is 0.567. The van der Waals surface area contributed by atoms with Crippen molar-refractivity contribution in [3.05, 3.63) is 53.5 Å². The Kier molecular flexibility index (Phi) is 8.46. The van der Waals surface area contributed by atoms with E-state index in [9.17, 15) is 19.5 Å². The Balaban J connectivity index is 1.01. The average Bonchev–Trinajstić information content (AvgIpc) is 2.89. The van der Waals surface area contributed by atoms with Crippen LogP contribution in [0.5, 0.6) is 0 Å². The van der Waals surface area contributed by atoms with Crippen molar-refractivity contribution in [3.8, 4) is 0 Å². The number of hydrogen-bond donors (Lipinski definition) is 4. The highest BCUT2D eigenvalue weighted by Crippen LogP contribution is 2.56. The molecule has 4 N–H and O–H groups in total. The Bertz CT molecular complexity index is 1240. The van der Waals surface area contributed by atoms with Gasteiger partial charge in [-0.2, -0.15) is 0 Å². The van der Waals surface area contributed by atoms with E-state index in [0.717, 1.165) is 45.2 Å². The number of carbonyl (C=O) groups excluding carboxylic acids is 3. The monoisotopic (exact) mass is 548 g/mol. The summed E-state index contributed by atoms with van der Waals surface area (Å²) in [7, 11) is 0. The summed E-state index contributed by atoms with van der Waals surface area (Å²) in [5, 5.41) is 19.6. The first kappa shape index (κ1) is 28.2. The average molecular weight is 549 g/mol. The van der Waals surface area contributed by atoms with E-state index >= 15 is 0 Å². The fourth-order valence-corrected chi connectivity index (χ4v) is 6.38. The van der Waals surface area contributed by atoms with Crippen LogP contribution in [-0.2, 0) is 22.6 Å². The van der Waals surface area contributed by atoms with Crippen molar-refractivity contribution in [1.29, 1.82) is 0 Å². The second-order valence-electron chi connectivity index (χ2n) is 12.3. The Morgan fingerprint density at radius 2 is 1.80 bits per heavy atom. The van der Waals surface area contributed by atoms with Crippen molar-refractivity contribution in [1.82, 2.24) is 25.5 Å². The summed E-state index contributed by atoms with van der Waals surface area (Å²) >= 11 is 0. The maximum absolute atomic E-state index is 12.7. The van der Waals surface area contributed by atoms with Crippen molar-refractivity contribution < 1.29 is 19.5 Å². The van der Waals surface area contributed by atoms with E-state index < -0.39 is 12.0 Å². The van der Waals surface area contributed by atoms with E-state index in [1.807, 2.05) is 19.9 Å². The summed E-state index contributed by atoms with van der Waals surface area (Å²) in [6.07, 6.45) is 5.62. The predicted octanol–water partition coefficient (Wildman–Crippen LogP) is 2.08. The molecule has 10 heteroatoms. The van der Waals surface area contributed by atoms with Crippen LogP contribution < -0.4 is 16.0 Å². The molecule has 1 aliphatic heterocycles. The lowest BCUT2D eigenvalue weighted by Gasteiger charge is -2.57. The number of aromatic nitrogens is 2. The number of β-amino-alcohol motifs (C(OH)–C–C–N with tert-alkyl or cyclic N) is 1. The van der Waals surface area contributed by atoms with Gasteiger partial charge >= 0.3 is 0 Å². The van der Waals surface area contributed by atoms with Crippen molar-refractivity contribution in [2.24, 2.45) is 11.3 Å². The van der Waals surface area contributed by atoms with Crippen LogP contribution in [0.15, 0.2) is 36.7 Å². The van der Waals surface area contributed by atoms with Crippen LogP contribution >= 0.6 is 0 Å². The zero-order valence-electron chi connectivity index (χ0n) is 23.4. The van der Waals surface area contributed by atoms with Gasteiger partial charge < -0.3 is 21.1 Å². The van der Waals surface area contributed by atoms with Crippen molar-refractivity contribution in [2.45, 2.75) is 77.1 Å². The minimum absolute atomic E-state index is 0.0694. The molecule has 2 saturated carbocycles. The molecule has 1 atom stereocenters. The van der Waals surface area contributed by atoms with Crippen LogP contribution in [0.1, 0.15) is 67.6 Å². The first-order valence-electron chi connectivity index (χ1n) is 14.4. The van der Waals surface area contributed by atoms with Crippen molar-refractivity contribution >= 4 is 23.4 Å². The Labute approximate surface area is 235 Å². The molecule has 10 nitrogen and oxygen atoms in total. The Hall–Kier alpha value is -3.37. The van der Waals surface area contributed by atoms with Crippen LogP contribution in [0.3, 0.4) is 0 Å². The van der Waals surface area contributed by atoms with Gasteiger partial charge in [0.1, 0.15) is 17.8 Å². The number of amides is 2. The molecule has 2 aromatic rings. The number of aliphatic hydroxyl groups is 1. The normalized spacial score (nSPS) is 24.4.